The molecule has 134 valence electrons. The van der Waals surface area contributed by atoms with Crippen LogP contribution in [0.3, 0.4) is 0 Å². The molecule has 8 nitrogen and oxygen atoms in total. The van der Waals surface area contributed by atoms with Gasteiger partial charge in [-0.2, -0.15) is 10.4 Å². The maximum absolute atomic E-state index is 12.4. The molecule has 0 radical (unpaired) electrons. The summed E-state index contributed by atoms with van der Waals surface area (Å²) in [5.41, 5.74) is 1.87. The number of piperazine rings is 1. The first-order valence-corrected chi connectivity index (χ1v) is 8.89. The van der Waals surface area contributed by atoms with Gasteiger partial charge in [0.25, 0.3) is 0 Å². The van der Waals surface area contributed by atoms with Crippen molar-refractivity contribution in [3.63, 3.8) is 0 Å². The van der Waals surface area contributed by atoms with Crippen molar-refractivity contribution in [1.29, 1.82) is 5.26 Å². The van der Waals surface area contributed by atoms with Crippen LogP contribution < -0.4 is 4.90 Å². The van der Waals surface area contributed by atoms with E-state index in [2.05, 4.69) is 33.0 Å². The number of nitrogens with zero attached hydrogens (tertiary/aromatic N) is 7. The highest BCUT2D eigenvalue weighted by Crippen LogP contribution is 2.32. The third-order valence-electron chi connectivity index (χ3n) is 4.95. The van der Waals surface area contributed by atoms with E-state index in [0.717, 1.165) is 18.4 Å². The number of hydrogen-bond acceptors (Lipinski definition) is 6. The fourth-order valence-corrected chi connectivity index (χ4v) is 3.37. The van der Waals surface area contributed by atoms with E-state index in [4.69, 9.17) is 0 Å². The highest BCUT2D eigenvalue weighted by Gasteiger charge is 2.37. The summed E-state index contributed by atoms with van der Waals surface area (Å²) in [6.07, 6.45) is 5.63. The average Bonchev–Trinajstić information content (AvgIpc) is 3.41. The van der Waals surface area contributed by atoms with Crippen molar-refractivity contribution >= 4 is 11.9 Å². The van der Waals surface area contributed by atoms with Gasteiger partial charge in [-0.1, -0.05) is 0 Å². The van der Waals surface area contributed by atoms with Crippen LogP contribution in [0.5, 0.6) is 0 Å². The summed E-state index contributed by atoms with van der Waals surface area (Å²) in [4.78, 5) is 25.4. The Morgan fingerprint density at radius 1 is 1.31 bits per heavy atom. The molecule has 3 heterocycles. The molecule has 2 aliphatic rings. The molecule has 1 saturated heterocycles. The number of aromatic nitrogens is 4. The Kier molecular flexibility index (Phi) is 4.07. The van der Waals surface area contributed by atoms with Crippen LogP contribution in [0, 0.1) is 17.2 Å². The molecule has 4 rings (SSSR count). The molecule has 0 bridgehead atoms. The Bertz CT molecular complexity index is 880. The summed E-state index contributed by atoms with van der Waals surface area (Å²) in [6.45, 7) is 4.06. The number of rotatable bonds is 3. The normalized spacial score (nSPS) is 20.1. The van der Waals surface area contributed by atoms with Gasteiger partial charge in [0.15, 0.2) is 0 Å². The van der Waals surface area contributed by atoms with Crippen LogP contribution >= 0.6 is 0 Å². The van der Waals surface area contributed by atoms with Crippen LogP contribution in [-0.2, 0) is 11.8 Å². The summed E-state index contributed by atoms with van der Waals surface area (Å²) in [5, 5.41) is 13.5. The summed E-state index contributed by atoms with van der Waals surface area (Å²) >= 11 is 0. The van der Waals surface area contributed by atoms with Gasteiger partial charge in [-0.3, -0.25) is 9.48 Å². The maximum Gasteiger partial charge on any atom is 0.227 e. The Hall–Kier alpha value is -2.95. The molecule has 2 aromatic rings. The topological polar surface area (TPSA) is 90.9 Å². The minimum Gasteiger partial charge on any atom is -0.337 e. The maximum atomic E-state index is 12.4. The summed E-state index contributed by atoms with van der Waals surface area (Å²) in [6, 6.07) is 3.90. The van der Waals surface area contributed by atoms with E-state index in [9.17, 15) is 10.1 Å². The Balaban J connectivity index is 1.58. The number of nitriles is 1. The van der Waals surface area contributed by atoms with Crippen LogP contribution in [0.4, 0.5) is 5.95 Å². The van der Waals surface area contributed by atoms with Crippen LogP contribution in [0.1, 0.15) is 25.5 Å². The third kappa shape index (κ3) is 3.12. The molecule has 1 amide bonds. The first-order chi connectivity index (χ1) is 12.5. The van der Waals surface area contributed by atoms with Gasteiger partial charge in [0, 0.05) is 56.5 Å². The Labute approximate surface area is 152 Å². The summed E-state index contributed by atoms with van der Waals surface area (Å²) in [7, 11) is 1.84. The van der Waals surface area contributed by atoms with E-state index in [1.54, 1.807) is 16.9 Å². The van der Waals surface area contributed by atoms with E-state index in [1.165, 1.54) is 0 Å². The molecule has 0 N–H and O–H groups in total. The number of anilines is 1. The lowest BCUT2D eigenvalue weighted by molar-refractivity contribution is -0.134. The second kappa shape index (κ2) is 6.41. The molecule has 26 heavy (non-hydrogen) atoms. The van der Waals surface area contributed by atoms with Crippen molar-refractivity contribution < 1.29 is 4.79 Å². The van der Waals surface area contributed by atoms with Crippen molar-refractivity contribution in [1.82, 2.24) is 24.6 Å². The van der Waals surface area contributed by atoms with Crippen molar-refractivity contribution in [2.75, 3.05) is 24.5 Å². The molecule has 0 spiro atoms. The highest BCUT2D eigenvalue weighted by molar-refractivity contribution is 5.81. The van der Waals surface area contributed by atoms with Gasteiger partial charge < -0.3 is 9.80 Å². The number of aryl methyl sites for hydroxylation is 1. The zero-order valence-corrected chi connectivity index (χ0v) is 15.0. The molecular weight excluding hydrogens is 330 g/mol. The van der Waals surface area contributed by atoms with Gasteiger partial charge >= 0.3 is 0 Å². The molecule has 2 fully saturated rings. The van der Waals surface area contributed by atoms with Gasteiger partial charge in [-0.05, 0) is 19.8 Å². The smallest absolute Gasteiger partial charge is 0.227 e. The first kappa shape index (κ1) is 16.5. The first-order valence-electron chi connectivity index (χ1n) is 8.89. The predicted octanol–water partition coefficient (Wildman–Crippen LogP) is 1.20. The molecule has 2 aromatic heterocycles. The second-order valence-electron chi connectivity index (χ2n) is 7.05. The fourth-order valence-electron chi connectivity index (χ4n) is 3.37. The highest BCUT2D eigenvalue weighted by atomic mass is 16.2. The van der Waals surface area contributed by atoms with E-state index in [-0.39, 0.29) is 17.9 Å². The van der Waals surface area contributed by atoms with E-state index in [0.29, 0.717) is 37.0 Å². The number of amides is 1. The molecule has 1 unspecified atom stereocenters. The fraction of sp³-hybridized carbons (Fsp3) is 0.500. The third-order valence-corrected chi connectivity index (χ3v) is 4.95. The van der Waals surface area contributed by atoms with E-state index >= 15 is 0 Å². The minimum atomic E-state index is 0.105. The SMILES string of the molecule is CC1CN(c2nc(C#N)cc(-c3cnn(C)c3)n2)CCN1C(=O)C1CC1. The molecule has 1 aliphatic heterocycles. The largest absolute Gasteiger partial charge is 0.337 e. The summed E-state index contributed by atoms with van der Waals surface area (Å²) in [5.74, 6) is 1.05. The van der Waals surface area contributed by atoms with E-state index in [1.807, 2.05) is 18.1 Å². The average molecular weight is 351 g/mol. The van der Waals surface area contributed by atoms with Gasteiger partial charge in [0.1, 0.15) is 11.8 Å². The Morgan fingerprint density at radius 3 is 2.73 bits per heavy atom. The molecule has 1 saturated carbocycles. The van der Waals surface area contributed by atoms with Crippen molar-refractivity contribution in [3.05, 3.63) is 24.2 Å². The monoisotopic (exact) mass is 351 g/mol. The standard InChI is InChI=1S/C18H21N7O/c1-12-10-24(5-6-25(12)17(26)13-3-4-13)18-21-15(8-19)7-16(22-18)14-9-20-23(2)11-14/h7,9,11-13H,3-6,10H2,1-2H3. The molecular formula is C18H21N7O. The zero-order chi connectivity index (χ0) is 18.3. The number of carbonyl (C=O) groups is 1. The molecule has 1 atom stereocenters. The number of carbonyl (C=O) groups excluding carboxylic acids is 1. The van der Waals surface area contributed by atoms with Crippen LogP contribution in [0.15, 0.2) is 18.5 Å². The Morgan fingerprint density at radius 2 is 2.12 bits per heavy atom. The predicted molar refractivity (Wildman–Crippen MR) is 95.1 cm³/mol. The lowest BCUT2D eigenvalue weighted by Crippen LogP contribution is -2.55. The van der Waals surface area contributed by atoms with E-state index < -0.39 is 0 Å². The lowest BCUT2D eigenvalue weighted by Gasteiger charge is -2.40. The summed E-state index contributed by atoms with van der Waals surface area (Å²) < 4.78 is 1.70. The van der Waals surface area contributed by atoms with Crippen molar-refractivity contribution in [2.45, 2.75) is 25.8 Å². The molecule has 0 aromatic carbocycles. The molecule has 1 aliphatic carbocycles. The van der Waals surface area contributed by atoms with Crippen LogP contribution in [-0.4, -0.2) is 56.2 Å². The zero-order valence-electron chi connectivity index (χ0n) is 15.0. The quantitative estimate of drug-likeness (QED) is 0.825. The van der Waals surface area contributed by atoms with Gasteiger partial charge in [-0.15, -0.1) is 0 Å². The van der Waals surface area contributed by atoms with Crippen LogP contribution in [0.25, 0.3) is 11.3 Å². The van der Waals surface area contributed by atoms with Crippen molar-refractivity contribution in [3.8, 4) is 17.3 Å². The molecule has 8 heteroatoms. The van der Waals surface area contributed by atoms with Crippen LogP contribution in [0.2, 0.25) is 0 Å². The van der Waals surface area contributed by atoms with Gasteiger partial charge in [0.2, 0.25) is 11.9 Å². The van der Waals surface area contributed by atoms with Gasteiger partial charge in [-0.25, -0.2) is 9.97 Å². The van der Waals surface area contributed by atoms with Crippen molar-refractivity contribution in [2.24, 2.45) is 13.0 Å². The number of hydrogen-bond donors (Lipinski definition) is 0. The lowest BCUT2D eigenvalue weighted by atomic mass is 10.1. The second-order valence-corrected chi connectivity index (χ2v) is 7.05. The van der Waals surface area contributed by atoms with Gasteiger partial charge in [0.05, 0.1) is 11.9 Å². The minimum absolute atomic E-state index is 0.105.